The van der Waals surface area contributed by atoms with Gasteiger partial charge in [-0.3, -0.25) is 0 Å². The fourth-order valence-corrected chi connectivity index (χ4v) is 3.50. The number of nitrogens with one attached hydrogen (secondary N) is 2. The van der Waals surface area contributed by atoms with Gasteiger partial charge in [0.25, 0.3) is 0 Å². The van der Waals surface area contributed by atoms with E-state index in [-0.39, 0.29) is 6.03 Å². The quantitative estimate of drug-likeness (QED) is 0.537. The second-order valence-electron chi connectivity index (χ2n) is 4.74. The highest BCUT2D eigenvalue weighted by molar-refractivity contribution is 8.00. The molecule has 0 atom stereocenters. The Morgan fingerprint density at radius 3 is 3.04 bits per heavy atom. The fourth-order valence-electron chi connectivity index (χ4n) is 1.97. The summed E-state index contributed by atoms with van der Waals surface area (Å²) in [7, 11) is 0. The van der Waals surface area contributed by atoms with E-state index in [1.54, 1.807) is 35.4 Å². The molecule has 0 saturated heterocycles. The molecule has 0 aliphatic carbocycles. The minimum absolute atomic E-state index is 0.324. The van der Waals surface area contributed by atoms with Gasteiger partial charge in [-0.05, 0) is 24.5 Å². The van der Waals surface area contributed by atoms with Crippen LogP contribution in [0.5, 0.6) is 0 Å². The summed E-state index contributed by atoms with van der Waals surface area (Å²) < 4.78 is 15.8. The number of carbonyl (C=O) groups excluding carboxylic acids is 1. The van der Waals surface area contributed by atoms with Gasteiger partial charge in [0.1, 0.15) is 0 Å². The molecular formula is C15H14FN5OS2. The summed E-state index contributed by atoms with van der Waals surface area (Å²) >= 11 is 3.32. The molecule has 0 fully saturated rings. The number of carbonyl (C=O) groups is 1. The zero-order chi connectivity index (χ0) is 16.9. The molecule has 3 aromatic heterocycles. The minimum atomic E-state index is -0.587. The van der Waals surface area contributed by atoms with E-state index in [1.165, 1.54) is 27.4 Å². The summed E-state index contributed by atoms with van der Waals surface area (Å²) in [6, 6.07) is 6.58. The van der Waals surface area contributed by atoms with Crippen LogP contribution in [0.25, 0.3) is 5.69 Å². The number of anilines is 1. The van der Waals surface area contributed by atoms with Gasteiger partial charge in [0.2, 0.25) is 5.95 Å². The normalized spacial score (nSPS) is 10.6. The Balaban J connectivity index is 1.57. The first kappa shape index (κ1) is 16.5. The van der Waals surface area contributed by atoms with Crippen molar-refractivity contribution in [2.45, 2.75) is 10.8 Å². The summed E-state index contributed by atoms with van der Waals surface area (Å²) in [6.07, 6.45) is 6.47. The summed E-state index contributed by atoms with van der Waals surface area (Å²) in [6.45, 7) is 0.459. The van der Waals surface area contributed by atoms with Gasteiger partial charge in [-0.25, -0.2) is 14.5 Å². The van der Waals surface area contributed by atoms with Crippen molar-refractivity contribution in [2.24, 2.45) is 0 Å². The van der Waals surface area contributed by atoms with Crippen molar-refractivity contribution in [1.29, 1.82) is 0 Å². The van der Waals surface area contributed by atoms with Crippen molar-refractivity contribution in [1.82, 2.24) is 20.1 Å². The predicted molar refractivity (Wildman–Crippen MR) is 93.3 cm³/mol. The Morgan fingerprint density at radius 1 is 1.42 bits per heavy atom. The second-order valence-corrected chi connectivity index (χ2v) is 7.02. The van der Waals surface area contributed by atoms with E-state index in [4.69, 9.17) is 0 Å². The number of aromatic nitrogens is 3. The molecule has 9 heteroatoms. The number of hydrogen-bond acceptors (Lipinski definition) is 5. The smallest absolute Gasteiger partial charge is 0.319 e. The first-order valence-corrected chi connectivity index (χ1v) is 9.02. The van der Waals surface area contributed by atoms with Crippen molar-refractivity contribution in [3.8, 4) is 5.69 Å². The van der Waals surface area contributed by atoms with E-state index in [0.717, 1.165) is 4.88 Å². The molecule has 0 spiro atoms. The standard InChI is InChI=1S/C15H14FN5OS2/c1-23-14-3-2-12(24-14)8-18-15(22)20-10-7-19-21(9-10)11-4-5-17-13(16)6-11/h2-7,9H,8H2,1H3,(H2,18,20,22). The third-order valence-corrected chi connectivity index (χ3v) is 5.24. The van der Waals surface area contributed by atoms with Gasteiger partial charge >= 0.3 is 6.03 Å². The SMILES string of the molecule is CSc1ccc(CNC(=O)Nc2cnn(-c3ccnc(F)c3)c2)s1. The van der Waals surface area contributed by atoms with E-state index < -0.39 is 5.95 Å². The first-order valence-electron chi connectivity index (χ1n) is 6.98. The second kappa shape index (κ2) is 7.45. The monoisotopic (exact) mass is 363 g/mol. The van der Waals surface area contributed by atoms with Crippen LogP contribution in [0.3, 0.4) is 0 Å². The number of amides is 2. The predicted octanol–water partition coefficient (Wildman–Crippen LogP) is 3.51. The molecule has 2 N–H and O–H groups in total. The third kappa shape index (κ3) is 4.12. The molecule has 0 aliphatic heterocycles. The number of hydrogen-bond donors (Lipinski definition) is 2. The summed E-state index contributed by atoms with van der Waals surface area (Å²) in [5.74, 6) is -0.587. The largest absolute Gasteiger partial charge is 0.333 e. The molecule has 0 bridgehead atoms. The Labute approximate surface area is 146 Å². The lowest BCUT2D eigenvalue weighted by atomic mass is 10.4. The molecule has 0 aromatic carbocycles. The van der Waals surface area contributed by atoms with Crippen LogP contribution in [-0.4, -0.2) is 27.1 Å². The Hall–Kier alpha value is -2.39. The minimum Gasteiger partial charge on any atom is -0.333 e. The highest BCUT2D eigenvalue weighted by Gasteiger charge is 2.07. The maximum absolute atomic E-state index is 13.1. The topological polar surface area (TPSA) is 71.8 Å². The summed E-state index contributed by atoms with van der Waals surface area (Å²) in [5.41, 5.74) is 1.04. The van der Waals surface area contributed by atoms with E-state index in [1.807, 2.05) is 18.4 Å². The van der Waals surface area contributed by atoms with Crippen LogP contribution in [0, 0.1) is 5.95 Å². The summed E-state index contributed by atoms with van der Waals surface area (Å²) in [4.78, 5) is 16.5. The van der Waals surface area contributed by atoms with Gasteiger partial charge in [0.05, 0.1) is 34.5 Å². The molecule has 6 nitrogen and oxygen atoms in total. The van der Waals surface area contributed by atoms with Crippen molar-refractivity contribution in [3.05, 3.63) is 53.7 Å². The van der Waals surface area contributed by atoms with Crippen LogP contribution < -0.4 is 10.6 Å². The van der Waals surface area contributed by atoms with Crippen LogP contribution in [0.1, 0.15) is 4.88 Å². The molecule has 3 rings (SSSR count). The number of rotatable bonds is 5. The molecule has 124 valence electrons. The van der Waals surface area contributed by atoms with E-state index >= 15 is 0 Å². The first-order chi connectivity index (χ1) is 11.6. The van der Waals surface area contributed by atoms with Gasteiger partial charge < -0.3 is 10.6 Å². The van der Waals surface area contributed by atoms with Crippen LogP contribution in [0.2, 0.25) is 0 Å². The number of thioether (sulfide) groups is 1. The van der Waals surface area contributed by atoms with Gasteiger partial charge in [-0.1, -0.05) is 0 Å². The van der Waals surface area contributed by atoms with E-state index in [9.17, 15) is 9.18 Å². The molecule has 0 radical (unpaired) electrons. The highest BCUT2D eigenvalue weighted by atomic mass is 32.2. The van der Waals surface area contributed by atoms with Crippen LogP contribution >= 0.6 is 23.1 Å². The third-order valence-electron chi connectivity index (χ3n) is 3.08. The zero-order valence-corrected chi connectivity index (χ0v) is 14.3. The molecule has 24 heavy (non-hydrogen) atoms. The fraction of sp³-hybridized carbons (Fsp3) is 0.133. The van der Waals surface area contributed by atoms with Gasteiger partial charge in [-0.15, -0.1) is 23.1 Å². The van der Waals surface area contributed by atoms with Gasteiger partial charge in [0, 0.05) is 17.1 Å². The molecule has 0 saturated carbocycles. The number of thiophene rings is 1. The average Bonchev–Trinajstić information content (AvgIpc) is 3.22. The number of urea groups is 1. The Morgan fingerprint density at radius 2 is 2.29 bits per heavy atom. The zero-order valence-electron chi connectivity index (χ0n) is 12.7. The average molecular weight is 363 g/mol. The van der Waals surface area contributed by atoms with Crippen molar-refractivity contribution in [2.75, 3.05) is 11.6 Å². The van der Waals surface area contributed by atoms with Crippen LogP contribution in [0.4, 0.5) is 14.9 Å². The molecule has 0 aliphatic rings. The number of nitrogens with zero attached hydrogens (tertiary/aromatic N) is 3. The lowest BCUT2D eigenvalue weighted by molar-refractivity contribution is 0.252. The summed E-state index contributed by atoms with van der Waals surface area (Å²) in [5, 5.41) is 9.57. The van der Waals surface area contributed by atoms with Crippen LogP contribution in [-0.2, 0) is 6.54 Å². The lowest BCUT2D eigenvalue weighted by Gasteiger charge is -2.04. The Bertz CT molecular complexity index is 848. The molecule has 3 aromatic rings. The number of pyridine rings is 1. The molecule has 2 amide bonds. The van der Waals surface area contributed by atoms with Crippen molar-refractivity contribution < 1.29 is 9.18 Å². The van der Waals surface area contributed by atoms with Gasteiger partial charge in [-0.2, -0.15) is 9.49 Å². The van der Waals surface area contributed by atoms with E-state index in [0.29, 0.717) is 17.9 Å². The molecule has 3 heterocycles. The Kier molecular flexibility index (Phi) is 5.11. The van der Waals surface area contributed by atoms with Crippen molar-refractivity contribution in [3.63, 3.8) is 0 Å². The van der Waals surface area contributed by atoms with Crippen molar-refractivity contribution >= 4 is 34.8 Å². The van der Waals surface area contributed by atoms with Crippen LogP contribution in [0.15, 0.2) is 47.1 Å². The highest BCUT2D eigenvalue weighted by Crippen LogP contribution is 2.24. The van der Waals surface area contributed by atoms with E-state index in [2.05, 4.69) is 20.7 Å². The molecule has 0 unspecified atom stereocenters. The maximum atomic E-state index is 13.1. The maximum Gasteiger partial charge on any atom is 0.319 e. The lowest BCUT2D eigenvalue weighted by Crippen LogP contribution is -2.27. The number of halogens is 1. The van der Waals surface area contributed by atoms with Gasteiger partial charge in [0.15, 0.2) is 0 Å². The molecular weight excluding hydrogens is 349 g/mol.